The Balaban J connectivity index is 2.25. The van der Waals surface area contributed by atoms with Crippen LogP contribution in [0.1, 0.15) is 31.7 Å². The second-order valence-corrected chi connectivity index (χ2v) is 5.83. The number of aromatic nitrogens is 2. The van der Waals surface area contributed by atoms with Crippen LogP contribution in [-0.2, 0) is 29.6 Å². The fourth-order valence-corrected chi connectivity index (χ4v) is 3.11. The molecule has 2 amide bonds. The van der Waals surface area contributed by atoms with Crippen molar-refractivity contribution in [2.75, 3.05) is 6.54 Å². The highest BCUT2D eigenvalue weighted by molar-refractivity contribution is 9.10. The monoisotopic (exact) mass is 342 g/mol. The number of hydrogen-bond donors (Lipinski definition) is 1. The van der Waals surface area contributed by atoms with Gasteiger partial charge in [0.1, 0.15) is 0 Å². The molecule has 20 heavy (non-hydrogen) atoms. The van der Waals surface area contributed by atoms with Gasteiger partial charge in [-0.2, -0.15) is 5.10 Å². The fourth-order valence-electron chi connectivity index (χ4n) is 2.37. The van der Waals surface area contributed by atoms with Crippen molar-refractivity contribution in [2.45, 2.75) is 39.3 Å². The van der Waals surface area contributed by atoms with Gasteiger partial charge in [0.05, 0.1) is 29.0 Å². The van der Waals surface area contributed by atoms with Crippen LogP contribution in [0.2, 0.25) is 0 Å². The number of halogens is 1. The number of amides is 2. The van der Waals surface area contributed by atoms with Crippen molar-refractivity contribution >= 4 is 27.7 Å². The van der Waals surface area contributed by atoms with Crippen molar-refractivity contribution in [3.8, 4) is 0 Å². The Morgan fingerprint density at radius 2 is 2.15 bits per heavy atom. The van der Waals surface area contributed by atoms with Gasteiger partial charge in [-0.25, -0.2) is 0 Å². The fraction of sp³-hybridized carbons (Fsp3) is 0.615. The van der Waals surface area contributed by atoms with Crippen LogP contribution in [0.3, 0.4) is 0 Å². The third kappa shape index (κ3) is 2.87. The summed E-state index contributed by atoms with van der Waals surface area (Å²) in [6, 6.07) is -0.114. The minimum atomic E-state index is -0.114. The first-order valence-corrected chi connectivity index (χ1v) is 7.49. The highest BCUT2D eigenvalue weighted by Crippen LogP contribution is 2.24. The molecular formula is C13H19BrN4O2. The predicted octanol–water partition coefficient (Wildman–Crippen LogP) is 0.982. The van der Waals surface area contributed by atoms with Crippen LogP contribution in [0.4, 0.5) is 0 Å². The van der Waals surface area contributed by atoms with Crippen molar-refractivity contribution in [1.29, 1.82) is 0 Å². The predicted molar refractivity (Wildman–Crippen MR) is 77.9 cm³/mol. The minimum absolute atomic E-state index is 0.0606. The lowest BCUT2D eigenvalue weighted by Crippen LogP contribution is -2.39. The molecule has 1 aromatic heterocycles. The first-order chi connectivity index (χ1) is 9.43. The Morgan fingerprint density at radius 3 is 2.75 bits per heavy atom. The van der Waals surface area contributed by atoms with E-state index in [9.17, 15) is 9.59 Å². The number of carbonyl (C=O) groups excluding carboxylic acids is 2. The molecule has 0 saturated carbocycles. The molecule has 1 aromatic rings. The molecule has 1 aliphatic rings. The van der Waals surface area contributed by atoms with E-state index in [0.717, 1.165) is 22.3 Å². The highest BCUT2D eigenvalue weighted by Gasteiger charge is 2.28. The molecule has 1 saturated heterocycles. The van der Waals surface area contributed by atoms with Crippen LogP contribution in [0.15, 0.2) is 4.47 Å². The van der Waals surface area contributed by atoms with Gasteiger partial charge < -0.3 is 10.2 Å². The lowest BCUT2D eigenvalue weighted by molar-refractivity contribution is -0.132. The Hall–Kier alpha value is -1.37. The Bertz CT molecular complexity index is 541. The van der Waals surface area contributed by atoms with Crippen LogP contribution >= 0.6 is 15.9 Å². The lowest BCUT2D eigenvalue weighted by atomic mass is 10.2. The van der Waals surface area contributed by atoms with E-state index in [4.69, 9.17) is 0 Å². The molecule has 2 heterocycles. The molecule has 1 fully saturated rings. The van der Waals surface area contributed by atoms with E-state index in [1.54, 1.807) is 9.58 Å². The molecule has 0 spiro atoms. The average Bonchev–Trinajstić information content (AvgIpc) is 2.60. The third-order valence-corrected chi connectivity index (χ3v) is 4.51. The number of rotatable bonds is 3. The van der Waals surface area contributed by atoms with Crippen molar-refractivity contribution in [2.24, 2.45) is 7.05 Å². The van der Waals surface area contributed by atoms with E-state index in [2.05, 4.69) is 26.3 Å². The molecule has 1 atom stereocenters. The van der Waals surface area contributed by atoms with Gasteiger partial charge in [-0.3, -0.25) is 14.3 Å². The van der Waals surface area contributed by atoms with E-state index >= 15 is 0 Å². The van der Waals surface area contributed by atoms with Crippen molar-refractivity contribution in [3.63, 3.8) is 0 Å². The van der Waals surface area contributed by atoms with Gasteiger partial charge in [0.2, 0.25) is 11.8 Å². The highest BCUT2D eigenvalue weighted by atomic mass is 79.9. The number of carbonyl (C=O) groups is 2. The smallest absolute Gasteiger partial charge is 0.242 e. The molecule has 7 heteroatoms. The molecule has 1 unspecified atom stereocenters. The third-order valence-electron chi connectivity index (χ3n) is 3.59. The van der Waals surface area contributed by atoms with Gasteiger partial charge in [0.15, 0.2) is 0 Å². The zero-order valence-corrected chi connectivity index (χ0v) is 13.5. The molecule has 110 valence electrons. The molecule has 0 aromatic carbocycles. The van der Waals surface area contributed by atoms with Crippen LogP contribution in [0.25, 0.3) is 0 Å². The Morgan fingerprint density at radius 1 is 1.45 bits per heavy atom. The first-order valence-electron chi connectivity index (χ1n) is 6.70. The summed E-state index contributed by atoms with van der Waals surface area (Å²) in [6.45, 7) is 4.46. The van der Waals surface area contributed by atoms with Gasteiger partial charge in [0, 0.05) is 19.5 Å². The second kappa shape index (κ2) is 5.95. The van der Waals surface area contributed by atoms with Crippen LogP contribution in [0.5, 0.6) is 0 Å². The van der Waals surface area contributed by atoms with Crippen LogP contribution in [-0.4, -0.2) is 39.1 Å². The van der Waals surface area contributed by atoms with E-state index in [1.165, 1.54) is 0 Å². The summed E-state index contributed by atoms with van der Waals surface area (Å²) in [4.78, 5) is 25.4. The van der Waals surface area contributed by atoms with Crippen LogP contribution < -0.4 is 5.32 Å². The Kier molecular flexibility index (Phi) is 4.47. The minimum Gasteiger partial charge on any atom is -0.347 e. The number of hydrogen-bond acceptors (Lipinski definition) is 3. The van der Waals surface area contributed by atoms with E-state index in [-0.39, 0.29) is 24.4 Å². The van der Waals surface area contributed by atoms with Gasteiger partial charge in [0.25, 0.3) is 0 Å². The molecule has 6 nitrogen and oxygen atoms in total. The number of aryl methyl sites for hydroxylation is 2. The summed E-state index contributed by atoms with van der Waals surface area (Å²) < 4.78 is 2.74. The SMILES string of the molecule is CCc1nn(C)c(CN2C(=O)CNC(=O)CC2C)c1Br. The maximum atomic E-state index is 12.1. The molecule has 0 aliphatic carbocycles. The van der Waals surface area contributed by atoms with Crippen LogP contribution in [0, 0.1) is 0 Å². The zero-order valence-electron chi connectivity index (χ0n) is 11.9. The summed E-state index contributed by atoms with van der Waals surface area (Å²) in [5.74, 6) is -0.138. The molecule has 2 rings (SSSR count). The van der Waals surface area contributed by atoms with Gasteiger partial charge in [-0.15, -0.1) is 0 Å². The molecule has 0 radical (unpaired) electrons. The zero-order chi connectivity index (χ0) is 14.9. The molecular weight excluding hydrogens is 324 g/mol. The van der Waals surface area contributed by atoms with E-state index in [1.807, 2.05) is 20.9 Å². The molecule has 1 aliphatic heterocycles. The number of nitrogens with zero attached hydrogens (tertiary/aromatic N) is 3. The van der Waals surface area contributed by atoms with Gasteiger partial charge in [-0.05, 0) is 29.3 Å². The largest absolute Gasteiger partial charge is 0.347 e. The summed E-state index contributed by atoms with van der Waals surface area (Å²) in [6.07, 6.45) is 1.17. The summed E-state index contributed by atoms with van der Waals surface area (Å²) >= 11 is 3.56. The molecule has 1 N–H and O–H groups in total. The van der Waals surface area contributed by atoms with Crippen molar-refractivity contribution < 1.29 is 9.59 Å². The average molecular weight is 343 g/mol. The Labute approximate surface area is 126 Å². The maximum Gasteiger partial charge on any atom is 0.242 e. The van der Waals surface area contributed by atoms with Crippen molar-refractivity contribution in [1.82, 2.24) is 20.0 Å². The summed E-state index contributed by atoms with van der Waals surface area (Å²) in [5, 5.41) is 7.05. The van der Waals surface area contributed by atoms with Gasteiger partial charge >= 0.3 is 0 Å². The standard InChI is InChI=1S/C13H19BrN4O2/c1-4-9-13(14)10(17(3)16-9)7-18-8(2)5-11(19)15-6-12(18)20/h8H,4-7H2,1-3H3,(H,15,19). The first kappa shape index (κ1) is 15.0. The maximum absolute atomic E-state index is 12.1. The normalized spacial score (nSPS) is 20.0. The summed E-state index contributed by atoms with van der Waals surface area (Å²) in [5.41, 5.74) is 1.93. The van der Waals surface area contributed by atoms with E-state index < -0.39 is 0 Å². The summed E-state index contributed by atoms with van der Waals surface area (Å²) in [7, 11) is 1.87. The van der Waals surface area contributed by atoms with Gasteiger partial charge in [-0.1, -0.05) is 6.92 Å². The second-order valence-electron chi connectivity index (χ2n) is 5.04. The topological polar surface area (TPSA) is 67.2 Å². The van der Waals surface area contributed by atoms with Crippen molar-refractivity contribution in [3.05, 3.63) is 15.9 Å². The molecule has 0 bridgehead atoms. The lowest BCUT2D eigenvalue weighted by Gasteiger charge is -2.26. The number of nitrogens with one attached hydrogen (secondary N) is 1. The van der Waals surface area contributed by atoms with E-state index in [0.29, 0.717) is 13.0 Å². The quantitative estimate of drug-likeness (QED) is 0.890.